The average molecular weight is 377 g/mol. The minimum absolute atomic E-state index is 0.0402. The van der Waals surface area contributed by atoms with Crippen molar-refractivity contribution < 1.29 is 9.90 Å². The third kappa shape index (κ3) is 4.03. The van der Waals surface area contributed by atoms with Crippen molar-refractivity contribution >= 4 is 11.5 Å². The number of carbonyl (C=O) groups is 1. The molecule has 2 aliphatic rings. The zero-order chi connectivity index (χ0) is 19.3. The molecule has 0 saturated carbocycles. The van der Waals surface area contributed by atoms with Gasteiger partial charge in [0.2, 0.25) is 0 Å². The summed E-state index contributed by atoms with van der Waals surface area (Å²) in [7, 11) is 0. The van der Waals surface area contributed by atoms with Gasteiger partial charge in [0, 0.05) is 30.1 Å². The fourth-order valence-electron chi connectivity index (χ4n) is 4.37. The lowest BCUT2D eigenvalue weighted by molar-refractivity contribution is 0.0910. The van der Waals surface area contributed by atoms with E-state index in [-0.39, 0.29) is 30.5 Å². The minimum Gasteiger partial charge on any atom is -0.395 e. The van der Waals surface area contributed by atoms with Gasteiger partial charge in [-0.3, -0.25) is 4.79 Å². The van der Waals surface area contributed by atoms with Crippen LogP contribution in [0.1, 0.15) is 53.1 Å². The van der Waals surface area contributed by atoms with Crippen molar-refractivity contribution in [1.29, 1.82) is 0 Å². The molecule has 1 saturated heterocycles. The number of allylic oxidation sites excluding steroid dienone is 2. The Labute approximate surface area is 166 Å². The summed E-state index contributed by atoms with van der Waals surface area (Å²) in [6.45, 7) is 0.641. The first-order chi connectivity index (χ1) is 13.8. The Hall–Kier alpha value is -2.43. The summed E-state index contributed by atoms with van der Waals surface area (Å²) in [6.07, 6.45) is 7.28. The fraction of sp³-hybridized carbons (Fsp3) is 0.375. The van der Waals surface area contributed by atoms with E-state index in [1.807, 2.05) is 30.3 Å². The van der Waals surface area contributed by atoms with E-state index in [2.05, 4.69) is 41.0 Å². The van der Waals surface area contributed by atoms with Gasteiger partial charge in [0.1, 0.15) is 0 Å². The van der Waals surface area contributed by atoms with Crippen LogP contribution in [0.2, 0.25) is 0 Å². The van der Waals surface area contributed by atoms with Crippen LogP contribution in [0.15, 0.2) is 60.7 Å². The van der Waals surface area contributed by atoms with E-state index in [4.69, 9.17) is 0 Å². The number of rotatable bonds is 6. The highest BCUT2D eigenvalue weighted by atomic mass is 16.3. The molecule has 4 nitrogen and oxygen atoms in total. The van der Waals surface area contributed by atoms with Gasteiger partial charge in [-0.15, -0.1) is 0 Å². The van der Waals surface area contributed by atoms with Gasteiger partial charge < -0.3 is 15.7 Å². The van der Waals surface area contributed by atoms with Crippen molar-refractivity contribution in [3.05, 3.63) is 77.4 Å². The predicted molar refractivity (Wildman–Crippen MR) is 112 cm³/mol. The monoisotopic (exact) mass is 376 g/mol. The maximum atomic E-state index is 12.3. The molecule has 146 valence electrons. The molecule has 1 heterocycles. The standard InChI is InChI=1S/C24H28N2O2/c27-16-22-23(19-13-11-18(12-14-19)17-7-3-1-4-8-17)21(26-22)15-25-24(28)20-9-5-2-6-10-20/h2,5-7,9-14,21-23,26-27H,1,3-4,8,15-16H2,(H,25,28)/t21-,22-,23-/m1/s1. The van der Waals surface area contributed by atoms with Gasteiger partial charge in [-0.05, 0) is 54.5 Å². The van der Waals surface area contributed by atoms with Crippen LogP contribution in [0.25, 0.3) is 5.57 Å². The van der Waals surface area contributed by atoms with E-state index in [9.17, 15) is 9.90 Å². The molecule has 1 amide bonds. The number of hydrogen-bond acceptors (Lipinski definition) is 3. The second-order valence-electron chi connectivity index (χ2n) is 7.76. The zero-order valence-electron chi connectivity index (χ0n) is 16.1. The molecule has 1 aliphatic carbocycles. The normalized spacial score (nSPS) is 24.2. The molecule has 28 heavy (non-hydrogen) atoms. The lowest BCUT2D eigenvalue weighted by Gasteiger charge is -2.46. The zero-order valence-corrected chi connectivity index (χ0v) is 16.1. The van der Waals surface area contributed by atoms with Crippen molar-refractivity contribution in [2.75, 3.05) is 13.2 Å². The highest BCUT2D eigenvalue weighted by molar-refractivity contribution is 5.94. The van der Waals surface area contributed by atoms with E-state index < -0.39 is 0 Å². The molecule has 2 aromatic rings. The highest BCUT2D eigenvalue weighted by Crippen LogP contribution is 2.33. The molecule has 0 radical (unpaired) electrons. The number of aliphatic hydroxyl groups excluding tert-OH is 1. The van der Waals surface area contributed by atoms with Crippen molar-refractivity contribution in [3.63, 3.8) is 0 Å². The average Bonchev–Trinajstić information content (AvgIpc) is 2.75. The maximum Gasteiger partial charge on any atom is 0.251 e. The summed E-state index contributed by atoms with van der Waals surface area (Å²) < 4.78 is 0. The van der Waals surface area contributed by atoms with Crippen LogP contribution >= 0.6 is 0 Å². The summed E-state index contributed by atoms with van der Waals surface area (Å²) >= 11 is 0. The van der Waals surface area contributed by atoms with Crippen molar-refractivity contribution in [2.45, 2.75) is 43.7 Å². The number of carbonyl (C=O) groups excluding carboxylic acids is 1. The maximum absolute atomic E-state index is 12.3. The van der Waals surface area contributed by atoms with E-state index in [0.717, 1.165) is 6.42 Å². The molecule has 2 aromatic carbocycles. The number of amides is 1. The molecule has 0 bridgehead atoms. The topological polar surface area (TPSA) is 61.4 Å². The van der Waals surface area contributed by atoms with E-state index >= 15 is 0 Å². The molecule has 1 fully saturated rings. The molecule has 1 aliphatic heterocycles. The summed E-state index contributed by atoms with van der Waals surface area (Å²) in [4.78, 5) is 12.3. The second kappa shape index (κ2) is 8.72. The van der Waals surface area contributed by atoms with Gasteiger partial charge in [0.25, 0.3) is 5.91 Å². The van der Waals surface area contributed by atoms with E-state index in [1.165, 1.54) is 36.0 Å². The molecule has 4 heteroatoms. The van der Waals surface area contributed by atoms with Gasteiger partial charge >= 0.3 is 0 Å². The molecule has 3 atom stereocenters. The highest BCUT2D eigenvalue weighted by Gasteiger charge is 2.40. The minimum atomic E-state index is -0.0619. The number of nitrogens with one attached hydrogen (secondary N) is 2. The first-order valence-corrected chi connectivity index (χ1v) is 10.3. The molecular weight excluding hydrogens is 348 g/mol. The second-order valence-corrected chi connectivity index (χ2v) is 7.76. The summed E-state index contributed by atoms with van der Waals surface area (Å²) in [5, 5.41) is 16.1. The Bertz CT molecular complexity index is 829. The summed E-state index contributed by atoms with van der Waals surface area (Å²) in [5.74, 6) is 0.142. The summed E-state index contributed by atoms with van der Waals surface area (Å²) in [5.41, 5.74) is 4.65. The number of aliphatic hydroxyl groups is 1. The quantitative estimate of drug-likeness (QED) is 0.723. The van der Waals surface area contributed by atoms with Gasteiger partial charge in [-0.2, -0.15) is 0 Å². The van der Waals surface area contributed by atoms with Gasteiger partial charge in [0.05, 0.1) is 6.61 Å². The van der Waals surface area contributed by atoms with Crippen LogP contribution in [0.5, 0.6) is 0 Å². The number of benzene rings is 2. The third-order valence-electron chi connectivity index (χ3n) is 5.97. The van der Waals surface area contributed by atoms with Crippen LogP contribution < -0.4 is 10.6 Å². The van der Waals surface area contributed by atoms with Crippen molar-refractivity contribution in [1.82, 2.24) is 10.6 Å². The molecule has 4 rings (SSSR count). The van der Waals surface area contributed by atoms with Crippen LogP contribution in [0.3, 0.4) is 0 Å². The molecule has 0 aromatic heterocycles. The van der Waals surface area contributed by atoms with Gasteiger partial charge in [0.15, 0.2) is 0 Å². The van der Waals surface area contributed by atoms with Crippen LogP contribution in [0.4, 0.5) is 0 Å². The Balaban J connectivity index is 1.41. The Morgan fingerprint density at radius 3 is 2.50 bits per heavy atom. The summed E-state index contributed by atoms with van der Waals surface area (Å²) in [6, 6.07) is 18.2. The smallest absolute Gasteiger partial charge is 0.251 e. The van der Waals surface area contributed by atoms with Crippen LogP contribution in [-0.2, 0) is 0 Å². The van der Waals surface area contributed by atoms with Gasteiger partial charge in [-0.25, -0.2) is 0 Å². The van der Waals surface area contributed by atoms with Crippen LogP contribution in [-0.4, -0.2) is 36.2 Å². The van der Waals surface area contributed by atoms with E-state index in [0.29, 0.717) is 12.1 Å². The SMILES string of the molecule is O=C(NC[C@H]1N[C@H](CO)[C@@H]1c1ccc(C2=CCCCC2)cc1)c1ccccc1. The first kappa shape index (κ1) is 18.9. The lowest BCUT2D eigenvalue weighted by Crippen LogP contribution is -2.64. The Morgan fingerprint density at radius 1 is 1.04 bits per heavy atom. The largest absolute Gasteiger partial charge is 0.395 e. The fourth-order valence-corrected chi connectivity index (χ4v) is 4.37. The van der Waals surface area contributed by atoms with Gasteiger partial charge in [-0.1, -0.05) is 48.5 Å². The lowest BCUT2D eigenvalue weighted by atomic mass is 9.77. The van der Waals surface area contributed by atoms with E-state index in [1.54, 1.807) is 0 Å². The van der Waals surface area contributed by atoms with Crippen molar-refractivity contribution in [3.8, 4) is 0 Å². The molecule has 3 N–H and O–H groups in total. The van der Waals surface area contributed by atoms with Crippen LogP contribution in [0, 0.1) is 0 Å². The Kier molecular flexibility index (Phi) is 5.89. The van der Waals surface area contributed by atoms with Crippen molar-refractivity contribution in [2.24, 2.45) is 0 Å². The number of hydrogen-bond donors (Lipinski definition) is 3. The molecular formula is C24H28N2O2. The molecule has 0 spiro atoms. The molecule has 0 unspecified atom stereocenters. The Morgan fingerprint density at radius 2 is 1.82 bits per heavy atom. The predicted octanol–water partition coefficient (Wildman–Crippen LogP) is 3.49. The third-order valence-corrected chi connectivity index (χ3v) is 5.97. The first-order valence-electron chi connectivity index (χ1n) is 10.3.